The van der Waals surface area contributed by atoms with Gasteiger partial charge in [-0.25, -0.2) is 0 Å². The third kappa shape index (κ3) is 4.43. The summed E-state index contributed by atoms with van der Waals surface area (Å²) in [6.45, 7) is 2.95. The van der Waals surface area contributed by atoms with Crippen molar-refractivity contribution in [2.24, 2.45) is 0 Å². The Bertz CT molecular complexity index is 455. The van der Waals surface area contributed by atoms with Gasteiger partial charge in [0, 0.05) is 18.7 Å². The first-order valence-electron chi connectivity index (χ1n) is 7.80. The lowest BCUT2D eigenvalue weighted by Crippen LogP contribution is -2.43. The molecule has 21 heavy (non-hydrogen) atoms. The zero-order valence-corrected chi connectivity index (χ0v) is 13.1. The van der Waals surface area contributed by atoms with Gasteiger partial charge in [-0.15, -0.1) is 0 Å². The van der Waals surface area contributed by atoms with E-state index in [2.05, 4.69) is 5.32 Å². The molecule has 0 aromatic heterocycles. The molecule has 0 heterocycles. The van der Waals surface area contributed by atoms with Crippen molar-refractivity contribution < 1.29 is 14.9 Å². The van der Waals surface area contributed by atoms with Crippen molar-refractivity contribution in [3.8, 4) is 5.75 Å². The maximum atomic E-state index is 10.4. The van der Waals surface area contributed by atoms with E-state index in [9.17, 15) is 10.2 Å². The third-order valence-corrected chi connectivity index (χ3v) is 4.32. The van der Waals surface area contributed by atoms with Gasteiger partial charge >= 0.3 is 0 Å². The van der Waals surface area contributed by atoms with Crippen LogP contribution in [0, 0.1) is 6.92 Å². The molecule has 0 aliphatic heterocycles. The molecule has 1 atom stereocenters. The molecule has 1 saturated carbocycles. The van der Waals surface area contributed by atoms with Crippen molar-refractivity contribution >= 4 is 0 Å². The van der Waals surface area contributed by atoms with Gasteiger partial charge < -0.3 is 20.3 Å². The lowest BCUT2D eigenvalue weighted by Gasteiger charge is -2.32. The summed E-state index contributed by atoms with van der Waals surface area (Å²) in [5.74, 6) is 0.700. The quantitative estimate of drug-likeness (QED) is 0.753. The number of methoxy groups -OCH3 is 1. The van der Waals surface area contributed by atoms with Gasteiger partial charge in [-0.2, -0.15) is 0 Å². The first kappa shape index (κ1) is 16.3. The highest BCUT2D eigenvalue weighted by atomic mass is 16.5. The number of aliphatic hydroxyl groups is 2. The van der Waals surface area contributed by atoms with Gasteiger partial charge in [0.1, 0.15) is 5.75 Å². The average molecular weight is 293 g/mol. The number of benzene rings is 1. The zero-order chi connectivity index (χ0) is 15.3. The van der Waals surface area contributed by atoms with E-state index >= 15 is 0 Å². The van der Waals surface area contributed by atoms with Crippen LogP contribution in [0.1, 0.15) is 49.3 Å². The van der Waals surface area contributed by atoms with Crippen LogP contribution in [0.15, 0.2) is 18.2 Å². The lowest BCUT2D eigenvalue weighted by atomic mass is 9.85. The maximum absolute atomic E-state index is 10.4. The van der Waals surface area contributed by atoms with Crippen molar-refractivity contribution in [2.75, 3.05) is 20.2 Å². The summed E-state index contributed by atoms with van der Waals surface area (Å²) in [6, 6.07) is 5.79. The summed E-state index contributed by atoms with van der Waals surface area (Å²) in [7, 11) is 1.61. The summed E-state index contributed by atoms with van der Waals surface area (Å²) in [6.07, 6.45) is 4.46. The number of rotatable bonds is 6. The standard InChI is InChI=1S/C17H27NO3/c1-13-6-7-16(21-2)14(10-13)15(19)11-18-12-17(20)8-4-3-5-9-17/h6-7,10,15,18-20H,3-5,8-9,11-12H2,1-2H3. The number of nitrogens with one attached hydrogen (secondary N) is 1. The van der Waals surface area contributed by atoms with Crippen LogP contribution in [0.25, 0.3) is 0 Å². The molecule has 118 valence electrons. The van der Waals surface area contributed by atoms with Crippen LogP contribution >= 0.6 is 0 Å². The fraction of sp³-hybridized carbons (Fsp3) is 0.647. The summed E-state index contributed by atoms with van der Waals surface area (Å²) in [5, 5.41) is 24.0. The second-order valence-electron chi connectivity index (χ2n) is 6.18. The van der Waals surface area contributed by atoms with Crippen LogP contribution in [-0.4, -0.2) is 36.0 Å². The Hall–Kier alpha value is -1.10. The minimum Gasteiger partial charge on any atom is -0.496 e. The van der Waals surface area contributed by atoms with Crippen LogP contribution < -0.4 is 10.1 Å². The van der Waals surface area contributed by atoms with Crippen molar-refractivity contribution in [2.45, 2.75) is 50.7 Å². The Labute approximate surface area is 127 Å². The molecule has 4 heteroatoms. The maximum Gasteiger partial charge on any atom is 0.124 e. The molecule has 2 rings (SSSR count). The zero-order valence-electron chi connectivity index (χ0n) is 13.1. The molecule has 1 aliphatic rings. The third-order valence-electron chi connectivity index (χ3n) is 4.32. The van der Waals surface area contributed by atoms with Crippen LogP contribution in [0.2, 0.25) is 0 Å². The topological polar surface area (TPSA) is 61.7 Å². The number of hydrogen-bond donors (Lipinski definition) is 3. The van der Waals surface area contributed by atoms with Crippen molar-refractivity contribution in [3.63, 3.8) is 0 Å². The molecule has 4 nitrogen and oxygen atoms in total. The molecule has 0 bridgehead atoms. The van der Waals surface area contributed by atoms with E-state index in [1.165, 1.54) is 6.42 Å². The predicted molar refractivity (Wildman–Crippen MR) is 83.6 cm³/mol. The number of ether oxygens (including phenoxy) is 1. The van der Waals surface area contributed by atoms with Crippen LogP contribution in [-0.2, 0) is 0 Å². The Kier molecular flexibility index (Phi) is 5.62. The number of aryl methyl sites for hydroxylation is 1. The van der Waals surface area contributed by atoms with Gasteiger partial charge in [0.2, 0.25) is 0 Å². The summed E-state index contributed by atoms with van der Waals surface area (Å²) >= 11 is 0. The van der Waals surface area contributed by atoms with Crippen molar-refractivity contribution in [1.82, 2.24) is 5.32 Å². The Balaban J connectivity index is 1.89. The normalized spacial score (nSPS) is 19.2. The van der Waals surface area contributed by atoms with E-state index in [0.29, 0.717) is 18.8 Å². The van der Waals surface area contributed by atoms with Crippen LogP contribution in [0.4, 0.5) is 0 Å². The highest BCUT2D eigenvalue weighted by molar-refractivity contribution is 5.38. The molecular weight excluding hydrogens is 266 g/mol. The largest absolute Gasteiger partial charge is 0.496 e. The van der Waals surface area contributed by atoms with E-state index in [1.54, 1.807) is 7.11 Å². The Morgan fingerprint density at radius 3 is 2.67 bits per heavy atom. The average Bonchev–Trinajstić information content (AvgIpc) is 2.47. The number of hydrogen-bond acceptors (Lipinski definition) is 4. The molecular formula is C17H27NO3. The SMILES string of the molecule is COc1ccc(C)cc1C(O)CNCC1(O)CCCCC1. The Morgan fingerprint density at radius 2 is 2.00 bits per heavy atom. The van der Waals surface area contributed by atoms with Crippen molar-refractivity contribution in [3.05, 3.63) is 29.3 Å². The fourth-order valence-electron chi connectivity index (χ4n) is 3.05. The van der Waals surface area contributed by atoms with Gasteiger partial charge in [0.15, 0.2) is 0 Å². The summed E-state index contributed by atoms with van der Waals surface area (Å²) in [4.78, 5) is 0. The van der Waals surface area contributed by atoms with E-state index in [0.717, 1.165) is 36.8 Å². The summed E-state index contributed by atoms with van der Waals surface area (Å²) < 4.78 is 5.30. The van der Waals surface area contributed by atoms with Gasteiger partial charge in [-0.3, -0.25) is 0 Å². The van der Waals surface area contributed by atoms with Gasteiger partial charge in [-0.1, -0.05) is 30.9 Å². The van der Waals surface area contributed by atoms with E-state index in [-0.39, 0.29) is 0 Å². The number of aliphatic hydroxyl groups excluding tert-OH is 1. The molecule has 0 amide bonds. The second kappa shape index (κ2) is 7.25. The smallest absolute Gasteiger partial charge is 0.124 e. The molecule has 3 N–H and O–H groups in total. The highest BCUT2D eigenvalue weighted by Gasteiger charge is 2.28. The first-order valence-corrected chi connectivity index (χ1v) is 7.80. The molecule has 0 radical (unpaired) electrons. The van der Waals surface area contributed by atoms with E-state index in [1.807, 2.05) is 25.1 Å². The van der Waals surface area contributed by atoms with Gasteiger partial charge in [0.05, 0.1) is 18.8 Å². The van der Waals surface area contributed by atoms with Crippen LogP contribution in [0.5, 0.6) is 5.75 Å². The van der Waals surface area contributed by atoms with Crippen molar-refractivity contribution in [1.29, 1.82) is 0 Å². The molecule has 1 unspecified atom stereocenters. The predicted octanol–water partition coefficient (Wildman–Crippen LogP) is 2.32. The van der Waals surface area contributed by atoms with E-state index < -0.39 is 11.7 Å². The minimum absolute atomic E-state index is 0.419. The molecule has 1 aliphatic carbocycles. The lowest BCUT2D eigenvalue weighted by molar-refractivity contribution is 0.00260. The van der Waals surface area contributed by atoms with Gasteiger partial charge in [0.25, 0.3) is 0 Å². The molecule has 1 aromatic carbocycles. The monoisotopic (exact) mass is 293 g/mol. The molecule has 1 aromatic rings. The van der Waals surface area contributed by atoms with E-state index in [4.69, 9.17) is 4.74 Å². The Morgan fingerprint density at radius 1 is 1.29 bits per heavy atom. The van der Waals surface area contributed by atoms with Gasteiger partial charge in [-0.05, 0) is 31.9 Å². The highest BCUT2D eigenvalue weighted by Crippen LogP contribution is 2.28. The molecule has 1 fully saturated rings. The molecule has 0 spiro atoms. The van der Waals surface area contributed by atoms with Crippen LogP contribution in [0.3, 0.4) is 0 Å². The fourth-order valence-corrected chi connectivity index (χ4v) is 3.05. The second-order valence-corrected chi connectivity index (χ2v) is 6.18. The molecule has 0 saturated heterocycles. The summed E-state index contributed by atoms with van der Waals surface area (Å²) in [5.41, 5.74) is 1.28. The first-order chi connectivity index (χ1) is 10.0. The minimum atomic E-state index is -0.632.